The number of benzene rings is 1. The Morgan fingerprint density at radius 1 is 1.14 bits per heavy atom. The minimum atomic E-state index is -0.178. The maximum absolute atomic E-state index is 13.6. The van der Waals surface area contributed by atoms with Crippen LogP contribution in [0, 0.1) is 5.82 Å². The second-order valence-corrected chi connectivity index (χ2v) is 6.47. The predicted octanol–water partition coefficient (Wildman–Crippen LogP) is 4.58. The molecule has 0 amide bonds. The Morgan fingerprint density at radius 2 is 2.00 bits per heavy atom. The number of pyridine rings is 1. The zero-order valence-electron chi connectivity index (χ0n) is 12.1. The molecule has 1 aromatic carbocycles. The highest BCUT2D eigenvalue weighted by Gasteiger charge is 2.39. The lowest BCUT2D eigenvalue weighted by Crippen LogP contribution is -2.32. The van der Waals surface area contributed by atoms with Crippen LogP contribution in [-0.4, -0.2) is 17.2 Å². The number of rotatable bonds is 1. The van der Waals surface area contributed by atoms with Crippen molar-refractivity contribution in [3.63, 3.8) is 0 Å². The van der Waals surface area contributed by atoms with Crippen molar-refractivity contribution in [1.82, 2.24) is 4.98 Å². The molecule has 2 aliphatic rings. The summed E-state index contributed by atoms with van der Waals surface area (Å²) in [6, 6.07) is 6.97. The van der Waals surface area contributed by atoms with Gasteiger partial charge < -0.3 is 4.74 Å². The first-order valence-electron chi connectivity index (χ1n) is 7.94. The van der Waals surface area contributed by atoms with Gasteiger partial charge in [-0.2, -0.15) is 0 Å². The van der Waals surface area contributed by atoms with Crippen molar-refractivity contribution in [2.24, 2.45) is 0 Å². The Balaban J connectivity index is 1.64. The molecule has 0 atom stereocenters. The number of halogens is 1. The van der Waals surface area contributed by atoms with Crippen molar-refractivity contribution >= 4 is 10.9 Å². The number of hydrogen-bond donors (Lipinski definition) is 0. The van der Waals surface area contributed by atoms with Gasteiger partial charge >= 0.3 is 0 Å². The molecule has 21 heavy (non-hydrogen) atoms. The van der Waals surface area contributed by atoms with E-state index in [1.165, 1.54) is 24.5 Å². The summed E-state index contributed by atoms with van der Waals surface area (Å²) in [7, 11) is 0. The van der Waals surface area contributed by atoms with Crippen LogP contribution in [0.2, 0.25) is 0 Å². The first-order valence-corrected chi connectivity index (χ1v) is 7.94. The molecule has 4 rings (SSSR count). The predicted molar refractivity (Wildman–Crippen MR) is 80.8 cm³/mol. The lowest BCUT2D eigenvalue weighted by molar-refractivity contribution is -0.0280. The lowest BCUT2D eigenvalue weighted by atomic mass is 9.74. The van der Waals surface area contributed by atoms with Crippen LogP contribution in [0.15, 0.2) is 30.5 Å². The molecule has 0 unspecified atom stereocenters. The fourth-order valence-electron chi connectivity index (χ4n) is 4.10. The van der Waals surface area contributed by atoms with Crippen LogP contribution in [0.5, 0.6) is 0 Å². The highest BCUT2D eigenvalue weighted by Crippen LogP contribution is 2.45. The van der Waals surface area contributed by atoms with Gasteiger partial charge in [-0.3, -0.25) is 4.98 Å². The molecule has 110 valence electrons. The number of aromatic nitrogens is 1. The summed E-state index contributed by atoms with van der Waals surface area (Å²) in [5, 5.41) is 0.978. The van der Waals surface area contributed by atoms with Crippen LogP contribution in [0.4, 0.5) is 4.39 Å². The van der Waals surface area contributed by atoms with E-state index in [2.05, 4.69) is 11.1 Å². The van der Waals surface area contributed by atoms with Gasteiger partial charge in [-0.1, -0.05) is 0 Å². The first kappa shape index (κ1) is 13.2. The van der Waals surface area contributed by atoms with Crippen LogP contribution in [0.25, 0.3) is 10.9 Å². The third kappa shape index (κ3) is 2.34. The van der Waals surface area contributed by atoms with Crippen molar-refractivity contribution in [2.45, 2.75) is 50.0 Å². The normalized spacial score (nSPS) is 29.3. The van der Waals surface area contributed by atoms with E-state index in [1.807, 2.05) is 6.20 Å². The van der Waals surface area contributed by atoms with Gasteiger partial charge in [-0.15, -0.1) is 0 Å². The van der Waals surface area contributed by atoms with Gasteiger partial charge in [0.2, 0.25) is 0 Å². The summed E-state index contributed by atoms with van der Waals surface area (Å²) in [6.07, 6.45) is 8.81. The Labute approximate surface area is 124 Å². The van der Waals surface area contributed by atoms with Gasteiger partial charge in [-0.25, -0.2) is 4.39 Å². The van der Waals surface area contributed by atoms with E-state index in [0.29, 0.717) is 5.92 Å². The van der Waals surface area contributed by atoms with Crippen molar-refractivity contribution in [2.75, 3.05) is 6.61 Å². The largest absolute Gasteiger partial charge is 0.375 e. The van der Waals surface area contributed by atoms with E-state index < -0.39 is 0 Å². The highest BCUT2D eigenvalue weighted by molar-refractivity contribution is 5.82. The smallest absolute Gasteiger partial charge is 0.123 e. The monoisotopic (exact) mass is 285 g/mol. The fourth-order valence-corrected chi connectivity index (χ4v) is 4.10. The molecule has 1 aliphatic carbocycles. The minimum Gasteiger partial charge on any atom is -0.375 e. The van der Waals surface area contributed by atoms with Crippen molar-refractivity contribution in [1.29, 1.82) is 0 Å². The second kappa shape index (κ2) is 5.06. The van der Waals surface area contributed by atoms with E-state index in [4.69, 9.17) is 4.74 Å². The maximum atomic E-state index is 13.6. The average molecular weight is 285 g/mol. The van der Waals surface area contributed by atoms with E-state index in [-0.39, 0.29) is 11.4 Å². The zero-order valence-corrected chi connectivity index (χ0v) is 12.1. The van der Waals surface area contributed by atoms with E-state index in [0.717, 1.165) is 43.2 Å². The summed E-state index contributed by atoms with van der Waals surface area (Å²) in [4.78, 5) is 4.36. The molecule has 2 heterocycles. The molecule has 2 nitrogen and oxygen atoms in total. The second-order valence-electron chi connectivity index (χ2n) is 6.47. The van der Waals surface area contributed by atoms with Gasteiger partial charge in [-0.05, 0) is 74.3 Å². The SMILES string of the molecule is Fc1ccc2nccc(C3CCC4(CCCO4)CC3)c2c1. The number of nitrogens with zero attached hydrogens (tertiary/aromatic N) is 1. The molecular formula is C18H20FNO. The summed E-state index contributed by atoms with van der Waals surface area (Å²) in [5.41, 5.74) is 2.31. The zero-order chi connectivity index (χ0) is 14.3. The maximum Gasteiger partial charge on any atom is 0.123 e. The topological polar surface area (TPSA) is 22.1 Å². The van der Waals surface area contributed by atoms with Crippen LogP contribution < -0.4 is 0 Å². The number of hydrogen-bond acceptors (Lipinski definition) is 2. The Bertz CT molecular complexity index is 653. The quantitative estimate of drug-likeness (QED) is 0.765. The average Bonchev–Trinajstić information content (AvgIpc) is 2.96. The van der Waals surface area contributed by atoms with Gasteiger partial charge in [0.05, 0.1) is 11.1 Å². The first-order chi connectivity index (χ1) is 10.3. The molecular weight excluding hydrogens is 265 g/mol. The summed E-state index contributed by atoms with van der Waals surface area (Å²) in [5.74, 6) is 0.329. The summed E-state index contributed by atoms with van der Waals surface area (Å²) < 4.78 is 19.6. The van der Waals surface area contributed by atoms with Crippen LogP contribution in [0.1, 0.15) is 50.0 Å². The molecule has 1 spiro atoms. The van der Waals surface area contributed by atoms with Crippen LogP contribution in [-0.2, 0) is 4.74 Å². The molecule has 1 aliphatic heterocycles. The molecule has 2 aromatic rings. The summed E-state index contributed by atoms with van der Waals surface area (Å²) >= 11 is 0. The van der Waals surface area contributed by atoms with Crippen LogP contribution >= 0.6 is 0 Å². The van der Waals surface area contributed by atoms with Gasteiger partial charge in [0.25, 0.3) is 0 Å². The molecule has 1 saturated heterocycles. The van der Waals surface area contributed by atoms with Gasteiger partial charge in [0.1, 0.15) is 5.82 Å². The van der Waals surface area contributed by atoms with Crippen LogP contribution in [0.3, 0.4) is 0 Å². The molecule has 1 saturated carbocycles. The van der Waals surface area contributed by atoms with Gasteiger partial charge in [0, 0.05) is 18.2 Å². The van der Waals surface area contributed by atoms with E-state index in [1.54, 1.807) is 12.1 Å². The Hall–Kier alpha value is -1.48. The third-order valence-electron chi connectivity index (χ3n) is 5.26. The fraction of sp³-hybridized carbons (Fsp3) is 0.500. The minimum absolute atomic E-state index is 0.157. The van der Waals surface area contributed by atoms with E-state index >= 15 is 0 Å². The molecule has 3 heteroatoms. The van der Waals surface area contributed by atoms with Crippen molar-refractivity contribution in [3.05, 3.63) is 41.8 Å². The van der Waals surface area contributed by atoms with Crippen molar-refractivity contribution < 1.29 is 9.13 Å². The number of ether oxygens (including phenoxy) is 1. The van der Waals surface area contributed by atoms with E-state index in [9.17, 15) is 4.39 Å². The Morgan fingerprint density at radius 3 is 2.76 bits per heavy atom. The summed E-state index contributed by atoms with van der Waals surface area (Å²) in [6.45, 7) is 0.925. The number of fused-ring (bicyclic) bond motifs is 1. The molecule has 1 aromatic heterocycles. The lowest BCUT2D eigenvalue weighted by Gasteiger charge is -2.36. The molecule has 0 N–H and O–H groups in total. The standard InChI is InChI=1S/C18H20FNO/c19-14-2-3-17-16(12-14)15(6-10-20-17)13-4-8-18(9-5-13)7-1-11-21-18/h2-3,6,10,12-13H,1,4-5,7-9,11H2. The van der Waals surface area contributed by atoms with Crippen molar-refractivity contribution in [3.8, 4) is 0 Å². The molecule has 0 radical (unpaired) electrons. The Kier molecular flexibility index (Phi) is 3.18. The molecule has 2 fully saturated rings. The van der Waals surface area contributed by atoms with Gasteiger partial charge in [0.15, 0.2) is 0 Å². The molecule has 0 bridgehead atoms. The third-order valence-corrected chi connectivity index (χ3v) is 5.26. The highest BCUT2D eigenvalue weighted by atomic mass is 19.1.